The zero-order valence-corrected chi connectivity index (χ0v) is 29.5. The number of carboxylic acid groups (broad SMARTS) is 1. The third-order valence-electron chi connectivity index (χ3n) is 9.61. The molecule has 15 heteroatoms. The molecule has 0 bridgehead atoms. The Morgan fingerprint density at radius 3 is 2.49 bits per heavy atom. The molecule has 0 radical (unpaired) electrons. The fraction of sp³-hybridized carbons (Fsp3) is 0.306. The summed E-state index contributed by atoms with van der Waals surface area (Å²) in [5.41, 5.74) is 1.55. The SMILES string of the molecule is COc1ccc(Cl)c(OC[C@H]2C[C@H](c3ccc(O)nc3)CN2c2cc3c(cc2Cl)c(=O)c(C(=O)O)cn3-c2ccc(N3CC(N(C)C)C3)nc2)n1. The lowest BCUT2D eigenvalue weighted by molar-refractivity contribution is 0.0695. The molecule has 4 aromatic heterocycles. The first-order valence-corrected chi connectivity index (χ1v) is 17.0. The van der Waals surface area contributed by atoms with Gasteiger partial charge in [0.1, 0.15) is 23.0 Å². The van der Waals surface area contributed by atoms with Crippen LogP contribution in [0.2, 0.25) is 10.0 Å². The maximum atomic E-state index is 13.5. The summed E-state index contributed by atoms with van der Waals surface area (Å²) in [5, 5.41) is 20.5. The number of halogens is 2. The van der Waals surface area contributed by atoms with Gasteiger partial charge in [0.25, 0.3) is 0 Å². The van der Waals surface area contributed by atoms with Crippen molar-refractivity contribution in [2.24, 2.45) is 0 Å². The smallest absolute Gasteiger partial charge is 0.341 e. The van der Waals surface area contributed by atoms with Crippen LogP contribution in [0.3, 0.4) is 0 Å². The van der Waals surface area contributed by atoms with E-state index in [1.807, 2.05) is 18.2 Å². The molecule has 2 aliphatic rings. The molecular weight excluding hydrogens is 697 g/mol. The number of benzene rings is 1. The minimum Gasteiger partial charge on any atom is -0.493 e. The number of methoxy groups -OCH3 is 1. The zero-order chi connectivity index (χ0) is 36.0. The summed E-state index contributed by atoms with van der Waals surface area (Å²) in [6.45, 7) is 2.39. The molecule has 1 aromatic carbocycles. The van der Waals surface area contributed by atoms with Crippen LogP contribution in [0, 0.1) is 0 Å². The number of ether oxygens (including phenoxy) is 2. The Labute approximate surface area is 303 Å². The summed E-state index contributed by atoms with van der Waals surface area (Å²) in [6, 6.07) is 14.0. The molecule has 264 valence electrons. The number of rotatable bonds is 10. The monoisotopic (exact) mass is 731 g/mol. The normalized spacial score (nSPS) is 17.6. The van der Waals surface area contributed by atoms with Crippen molar-refractivity contribution in [1.29, 1.82) is 0 Å². The van der Waals surface area contributed by atoms with Crippen molar-refractivity contribution in [3.05, 3.63) is 98.5 Å². The van der Waals surface area contributed by atoms with E-state index in [9.17, 15) is 19.8 Å². The third-order valence-corrected chi connectivity index (χ3v) is 10.2. The Bertz CT molecular complexity index is 2160. The van der Waals surface area contributed by atoms with Gasteiger partial charge in [-0.05, 0) is 56.4 Å². The number of carbonyl (C=O) groups is 1. The average Bonchev–Trinajstić information content (AvgIpc) is 3.51. The largest absolute Gasteiger partial charge is 0.493 e. The van der Waals surface area contributed by atoms with Crippen LogP contribution in [0.25, 0.3) is 16.6 Å². The second-order valence-electron chi connectivity index (χ2n) is 12.9. The van der Waals surface area contributed by atoms with E-state index < -0.39 is 11.4 Å². The van der Waals surface area contributed by atoms with Gasteiger partial charge in [-0.25, -0.2) is 14.8 Å². The fourth-order valence-corrected chi connectivity index (χ4v) is 7.08. The second kappa shape index (κ2) is 13.9. The van der Waals surface area contributed by atoms with Gasteiger partial charge < -0.3 is 39.0 Å². The number of aromatic carboxylic acids is 1. The zero-order valence-electron chi connectivity index (χ0n) is 28.0. The van der Waals surface area contributed by atoms with Gasteiger partial charge in [0, 0.05) is 61.5 Å². The topological polar surface area (TPSA) is 146 Å². The molecular formula is C36H35Cl2N7O6. The fourth-order valence-electron chi connectivity index (χ4n) is 6.64. The van der Waals surface area contributed by atoms with Gasteiger partial charge in [0.15, 0.2) is 0 Å². The molecule has 2 fully saturated rings. The predicted octanol–water partition coefficient (Wildman–Crippen LogP) is 5.09. The Morgan fingerprint density at radius 1 is 1.02 bits per heavy atom. The van der Waals surface area contributed by atoms with Crippen molar-refractivity contribution in [2.45, 2.75) is 24.4 Å². The van der Waals surface area contributed by atoms with Gasteiger partial charge in [-0.3, -0.25) is 4.79 Å². The molecule has 2 saturated heterocycles. The quantitative estimate of drug-likeness (QED) is 0.197. The highest BCUT2D eigenvalue weighted by Gasteiger charge is 2.36. The molecule has 2 aliphatic heterocycles. The highest BCUT2D eigenvalue weighted by Crippen LogP contribution is 2.41. The number of hydrogen-bond acceptors (Lipinski definition) is 11. The second-order valence-corrected chi connectivity index (χ2v) is 13.7. The van der Waals surface area contributed by atoms with Crippen molar-refractivity contribution < 1.29 is 24.5 Å². The van der Waals surface area contributed by atoms with E-state index in [0.717, 1.165) is 24.5 Å². The van der Waals surface area contributed by atoms with E-state index in [1.54, 1.807) is 41.2 Å². The molecule has 2 N–H and O–H groups in total. The van der Waals surface area contributed by atoms with Gasteiger partial charge in [-0.15, -0.1) is 0 Å². The molecule has 51 heavy (non-hydrogen) atoms. The number of fused-ring (bicyclic) bond motifs is 1. The molecule has 0 spiro atoms. The summed E-state index contributed by atoms with van der Waals surface area (Å²) >= 11 is 13.4. The van der Waals surface area contributed by atoms with Gasteiger partial charge >= 0.3 is 5.97 Å². The van der Waals surface area contributed by atoms with Crippen molar-refractivity contribution >= 4 is 51.6 Å². The summed E-state index contributed by atoms with van der Waals surface area (Å²) in [7, 11) is 5.61. The van der Waals surface area contributed by atoms with Crippen LogP contribution in [-0.4, -0.2) is 100 Å². The Morgan fingerprint density at radius 2 is 1.82 bits per heavy atom. The van der Waals surface area contributed by atoms with E-state index in [-0.39, 0.29) is 46.3 Å². The number of anilines is 2. The Balaban J connectivity index is 1.29. The molecule has 0 aliphatic carbocycles. The average molecular weight is 733 g/mol. The van der Waals surface area contributed by atoms with E-state index in [2.05, 4.69) is 43.7 Å². The maximum absolute atomic E-state index is 13.5. The summed E-state index contributed by atoms with van der Waals surface area (Å²) < 4.78 is 13.1. The van der Waals surface area contributed by atoms with Crippen molar-refractivity contribution in [3.8, 4) is 23.3 Å². The Hall–Kier alpha value is -5.11. The molecule has 7 rings (SSSR count). The number of pyridine rings is 4. The summed E-state index contributed by atoms with van der Waals surface area (Å²) in [5.74, 6) is -0.0564. The van der Waals surface area contributed by atoms with Crippen LogP contribution < -0.4 is 24.7 Å². The minimum atomic E-state index is -1.34. The molecule has 13 nitrogen and oxygen atoms in total. The van der Waals surface area contributed by atoms with E-state index in [1.165, 1.54) is 19.4 Å². The number of aromatic nitrogens is 4. The number of carboxylic acids is 1. The lowest BCUT2D eigenvalue weighted by atomic mass is 9.98. The van der Waals surface area contributed by atoms with Crippen LogP contribution in [0.1, 0.15) is 28.3 Å². The number of hydrogen-bond donors (Lipinski definition) is 2. The van der Waals surface area contributed by atoms with Crippen LogP contribution >= 0.6 is 23.2 Å². The molecule has 5 aromatic rings. The first-order valence-electron chi connectivity index (χ1n) is 16.3. The lowest BCUT2D eigenvalue weighted by Crippen LogP contribution is -2.57. The molecule has 0 saturated carbocycles. The van der Waals surface area contributed by atoms with Crippen molar-refractivity contribution in [2.75, 3.05) is 57.2 Å². The minimum absolute atomic E-state index is 0.0193. The van der Waals surface area contributed by atoms with Crippen molar-refractivity contribution in [3.63, 3.8) is 0 Å². The highest BCUT2D eigenvalue weighted by molar-refractivity contribution is 6.34. The first-order chi connectivity index (χ1) is 24.5. The summed E-state index contributed by atoms with van der Waals surface area (Å²) in [6.07, 6.45) is 5.28. The van der Waals surface area contributed by atoms with Crippen LogP contribution in [0.15, 0.2) is 71.9 Å². The molecule has 2 atom stereocenters. The van der Waals surface area contributed by atoms with Crippen molar-refractivity contribution in [1.82, 2.24) is 24.4 Å². The van der Waals surface area contributed by atoms with Crippen LogP contribution in [0.5, 0.6) is 17.6 Å². The van der Waals surface area contributed by atoms with Crippen LogP contribution in [0.4, 0.5) is 11.5 Å². The molecule has 6 heterocycles. The van der Waals surface area contributed by atoms with Gasteiger partial charge in [0.2, 0.25) is 23.1 Å². The van der Waals surface area contributed by atoms with E-state index in [0.29, 0.717) is 46.8 Å². The predicted molar refractivity (Wildman–Crippen MR) is 195 cm³/mol. The van der Waals surface area contributed by atoms with Gasteiger partial charge in [-0.2, -0.15) is 4.98 Å². The number of nitrogens with zero attached hydrogens (tertiary/aromatic N) is 7. The van der Waals surface area contributed by atoms with E-state index >= 15 is 0 Å². The molecule has 0 unspecified atom stereocenters. The first kappa shape index (κ1) is 34.3. The Kier molecular flexibility index (Phi) is 9.36. The van der Waals surface area contributed by atoms with E-state index in [4.69, 9.17) is 32.7 Å². The summed E-state index contributed by atoms with van der Waals surface area (Å²) in [4.78, 5) is 45.3. The lowest BCUT2D eigenvalue weighted by Gasteiger charge is -2.43. The van der Waals surface area contributed by atoms with Gasteiger partial charge in [0.05, 0.1) is 41.3 Å². The third kappa shape index (κ3) is 6.72. The molecule has 0 amide bonds. The van der Waals surface area contributed by atoms with Gasteiger partial charge in [-0.1, -0.05) is 29.3 Å². The van der Waals surface area contributed by atoms with Crippen LogP contribution in [-0.2, 0) is 0 Å². The highest BCUT2D eigenvalue weighted by atomic mass is 35.5. The number of aromatic hydroxyl groups is 1. The maximum Gasteiger partial charge on any atom is 0.341 e. The standard InChI is InChI=1S/C36H35Cl2N7O6/c1-42(2)24-16-43(17-24)31-7-5-22(14-39-31)45-18-26(36(48)49)34(47)25-11-28(38)30(12-29(25)45)44-15-21(20-4-8-32(46)40-13-20)10-23(44)19-51-35-27(37)6-9-33(41-35)50-3/h4-9,11-14,18,21,23-24H,10,15-17,19H2,1-3H3,(H,40,46)(H,48,49)/t21-,23+/m0/s1. The number of likely N-dealkylation sites (N-methyl/N-ethyl adjacent to an activating group) is 1.